The zero-order valence-corrected chi connectivity index (χ0v) is 13.8. The Kier molecular flexibility index (Phi) is 4.54. The summed E-state index contributed by atoms with van der Waals surface area (Å²) < 4.78 is 23.5. The highest BCUT2D eigenvalue weighted by Gasteiger charge is 2.33. The quantitative estimate of drug-likeness (QED) is 0.793. The number of allylic oxidation sites excluding steroid dienone is 4. The molecule has 118 valence electrons. The minimum absolute atomic E-state index is 0.0205. The first kappa shape index (κ1) is 15.6. The van der Waals surface area contributed by atoms with Crippen molar-refractivity contribution in [2.45, 2.75) is 19.3 Å². The van der Waals surface area contributed by atoms with Crippen molar-refractivity contribution in [2.75, 3.05) is 18.0 Å². The molecule has 1 aromatic rings. The van der Waals surface area contributed by atoms with Crippen molar-refractivity contribution in [1.82, 2.24) is 4.98 Å². The lowest BCUT2D eigenvalue weighted by Crippen LogP contribution is -2.37. The van der Waals surface area contributed by atoms with E-state index in [1.807, 2.05) is 18.2 Å². The van der Waals surface area contributed by atoms with E-state index in [9.17, 15) is 8.42 Å². The number of nitrogens with zero attached hydrogens (tertiary/aromatic N) is 2. The third-order valence-electron chi connectivity index (χ3n) is 4.57. The molecule has 0 spiro atoms. The van der Waals surface area contributed by atoms with E-state index in [4.69, 9.17) is 10.7 Å². The van der Waals surface area contributed by atoms with E-state index in [1.165, 1.54) is 5.69 Å². The highest BCUT2D eigenvalue weighted by molar-refractivity contribution is 8.16. The molecule has 1 fully saturated rings. The highest BCUT2D eigenvalue weighted by Crippen LogP contribution is 2.38. The minimum Gasteiger partial charge on any atom is -0.371 e. The van der Waals surface area contributed by atoms with Crippen LogP contribution in [0.2, 0.25) is 0 Å². The Bertz CT molecular complexity index is 677. The van der Waals surface area contributed by atoms with Crippen LogP contribution in [0.25, 0.3) is 0 Å². The van der Waals surface area contributed by atoms with Crippen molar-refractivity contribution < 1.29 is 8.42 Å². The Morgan fingerprint density at radius 2 is 1.86 bits per heavy atom. The first-order valence-electron chi connectivity index (χ1n) is 7.52. The molecule has 1 saturated heterocycles. The molecular formula is C16H19ClN2O2S. The van der Waals surface area contributed by atoms with Crippen molar-refractivity contribution in [3.63, 3.8) is 0 Å². The fourth-order valence-electron chi connectivity index (χ4n) is 3.43. The van der Waals surface area contributed by atoms with Crippen LogP contribution < -0.4 is 4.90 Å². The Labute approximate surface area is 135 Å². The zero-order chi connectivity index (χ0) is 15.6. The maximum Gasteiger partial charge on any atom is 0.257 e. The number of pyridine rings is 1. The molecule has 1 aromatic heterocycles. The third kappa shape index (κ3) is 3.36. The molecule has 1 aliphatic heterocycles. The van der Waals surface area contributed by atoms with E-state index in [-0.39, 0.29) is 5.92 Å². The molecule has 1 aliphatic carbocycles. The first-order chi connectivity index (χ1) is 10.6. The normalized spacial score (nSPS) is 23.4. The van der Waals surface area contributed by atoms with Crippen LogP contribution >= 0.6 is 10.7 Å². The number of anilines is 1. The van der Waals surface area contributed by atoms with Gasteiger partial charge in [-0.2, -0.15) is 0 Å². The molecule has 0 amide bonds. The van der Waals surface area contributed by atoms with Gasteiger partial charge in [-0.05, 0) is 43.4 Å². The molecular weight excluding hydrogens is 320 g/mol. The summed E-state index contributed by atoms with van der Waals surface area (Å²) in [7, 11) is 1.97. The standard InChI is InChI=1S/C16H19ClN2O2S/c17-22(20,21)16-4-2-1-3-15(16)13-7-11-19(12-8-13)14-5-9-18-10-6-14/h1-2,4-6,9-10,13,15H,3,7-8,11-12H2. The van der Waals surface area contributed by atoms with Gasteiger partial charge in [-0.25, -0.2) is 8.42 Å². The molecule has 0 N–H and O–H groups in total. The lowest BCUT2D eigenvalue weighted by molar-refractivity contribution is 0.314. The fraction of sp³-hybridized carbons (Fsp3) is 0.438. The van der Waals surface area contributed by atoms with Gasteiger partial charge in [0.05, 0.1) is 4.91 Å². The summed E-state index contributed by atoms with van der Waals surface area (Å²) >= 11 is 0. The third-order valence-corrected chi connectivity index (χ3v) is 6.11. The average Bonchev–Trinajstić information content (AvgIpc) is 2.55. The van der Waals surface area contributed by atoms with Crippen LogP contribution in [0.5, 0.6) is 0 Å². The topological polar surface area (TPSA) is 50.3 Å². The Balaban J connectivity index is 1.69. The summed E-state index contributed by atoms with van der Waals surface area (Å²) in [6.07, 6.45) is 11.8. The molecule has 0 radical (unpaired) electrons. The summed E-state index contributed by atoms with van der Waals surface area (Å²) in [6, 6.07) is 4.02. The number of halogens is 1. The smallest absolute Gasteiger partial charge is 0.257 e. The zero-order valence-electron chi connectivity index (χ0n) is 12.2. The summed E-state index contributed by atoms with van der Waals surface area (Å²) in [5.41, 5.74) is 1.18. The van der Waals surface area contributed by atoms with Gasteiger partial charge in [0.25, 0.3) is 9.05 Å². The second-order valence-electron chi connectivity index (χ2n) is 5.81. The van der Waals surface area contributed by atoms with E-state index in [0.717, 1.165) is 32.4 Å². The molecule has 0 aromatic carbocycles. The minimum atomic E-state index is -3.63. The van der Waals surface area contributed by atoms with Gasteiger partial charge < -0.3 is 4.90 Å². The lowest BCUT2D eigenvalue weighted by atomic mass is 9.80. The lowest BCUT2D eigenvalue weighted by Gasteiger charge is -2.37. The van der Waals surface area contributed by atoms with Crippen molar-refractivity contribution in [1.29, 1.82) is 0 Å². The maximum atomic E-state index is 11.8. The molecule has 4 nitrogen and oxygen atoms in total. The number of aromatic nitrogens is 1. The molecule has 6 heteroatoms. The molecule has 2 aliphatic rings. The molecule has 1 atom stereocenters. The van der Waals surface area contributed by atoms with Gasteiger partial charge in [-0.15, -0.1) is 0 Å². The predicted molar refractivity (Wildman–Crippen MR) is 89.3 cm³/mol. The van der Waals surface area contributed by atoms with Crippen LogP contribution in [0.4, 0.5) is 5.69 Å². The van der Waals surface area contributed by atoms with Gasteiger partial charge >= 0.3 is 0 Å². The van der Waals surface area contributed by atoms with Gasteiger partial charge in [-0.3, -0.25) is 4.98 Å². The van der Waals surface area contributed by atoms with Crippen molar-refractivity contribution >= 4 is 25.4 Å². The first-order valence-corrected chi connectivity index (χ1v) is 9.83. The number of hydrogen-bond acceptors (Lipinski definition) is 4. The van der Waals surface area contributed by atoms with Crippen molar-refractivity contribution in [3.8, 4) is 0 Å². The maximum absolute atomic E-state index is 11.8. The van der Waals surface area contributed by atoms with Crippen molar-refractivity contribution in [3.05, 3.63) is 47.7 Å². The molecule has 0 bridgehead atoms. The van der Waals surface area contributed by atoms with Crippen molar-refractivity contribution in [2.24, 2.45) is 11.8 Å². The van der Waals surface area contributed by atoms with Gasteiger partial charge in [0.1, 0.15) is 0 Å². The Hall–Kier alpha value is -1.33. The Morgan fingerprint density at radius 3 is 2.50 bits per heavy atom. The van der Waals surface area contributed by atoms with Crippen LogP contribution in [-0.2, 0) is 9.05 Å². The molecule has 0 saturated carbocycles. The van der Waals surface area contributed by atoms with Crippen LogP contribution in [0.3, 0.4) is 0 Å². The summed E-state index contributed by atoms with van der Waals surface area (Å²) in [4.78, 5) is 6.76. The second kappa shape index (κ2) is 6.42. The summed E-state index contributed by atoms with van der Waals surface area (Å²) in [5.74, 6) is 0.384. The summed E-state index contributed by atoms with van der Waals surface area (Å²) in [5, 5.41) is 0. The summed E-state index contributed by atoms with van der Waals surface area (Å²) in [6.45, 7) is 1.87. The molecule has 2 heterocycles. The van der Waals surface area contributed by atoms with Gasteiger partial charge in [-0.1, -0.05) is 12.2 Å². The largest absolute Gasteiger partial charge is 0.371 e. The number of hydrogen-bond donors (Lipinski definition) is 0. The van der Waals surface area contributed by atoms with Gasteiger partial charge in [0, 0.05) is 47.8 Å². The van der Waals surface area contributed by atoms with E-state index in [0.29, 0.717) is 10.8 Å². The van der Waals surface area contributed by atoms with E-state index < -0.39 is 9.05 Å². The molecule has 1 unspecified atom stereocenters. The predicted octanol–water partition coefficient (Wildman–Crippen LogP) is 3.33. The molecule has 22 heavy (non-hydrogen) atoms. The average molecular weight is 339 g/mol. The number of piperidine rings is 1. The SMILES string of the molecule is O=S(=O)(Cl)C1=CC=CCC1C1CCN(c2ccncc2)CC1. The van der Waals surface area contributed by atoms with Crippen LogP contribution in [0.15, 0.2) is 47.7 Å². The van der Waals surface area contributed by atoms with E-state index >= 15 is 0 Å². The van der Waals surface area contributed by atoms with Gasteiger partial charge in [0.15, 0.2) is 0 Å². The fourth-order valence-corrected chi connectivity index (χ4v) is 4.82. The van der Waals surface area contributed by atoms with Crippen LogP contribution in [0.1, 0.15) is 19.3 Å². The monoisotopic (exact) mass is 338 g/mol. The van der Waals surface area contributed by atoms with Gasteiger partial charge in [0.2, 0.25) is 0 Å². The van der Waals surface area contributed by atoms with Crippen LogP contribution in [-0.4, -0.2) is 26.5 Å². The van der Waals surface area contributed by atoms with Crippen LogP contribution in [0, 0.1) is 11.8 Å². The Morgan fingerprint density at radius 1 is 1.18 bits per heavy atom. The highest BCUT2D eigenvalue weighted by atomic mass is 35.7. The number of rotatable bonds is 3. The van der Waals surface area contributed by atoms with E-state index in [2.05, 4.69) is 9.88 Å². The molecule has 3 rings (SSSR count). The van der Waals surface area contributed by atoms with E-state index in [1.54, 1.807) is 24.5 Å². The second-order valence-corrected chi connectivity index (χ2v) is 8.37.